The summed E-state index contributed by atoms with van der Waals surface area (Å²) in [6.07, 6.45) is 0. The largest absolute Gasteiger partial charge is 0.412 e. The van der Waals surface area contributed by atoms with Crippen molar-refractivity contribution < 1.29 is 16.4 Å². The van der Waals surface area contributed by atoms with E-state index >= 15 is 0 Å². The minimum atomic E-state index is 0. The van der Waals surface area contributed by atoms with Gasteiger partial charge in [-0.1, -0.05) is 0 Å². The van der Waals surface area contributed by atoms with E-state index in [1.807, 2.05) is 0 Å². The molecule has 3 nitrogen and oxygen atoms in total. The maximum absolute atomic E-state index is 0. The van der Waals surface area contributed by atoms with E-state index in [0.717, 1.165) is 0 Å². The van der Waals surface area contributed by atoms with Gasteiger partial charge in [0.1, 0.15) is 0 Å². The zero-order valence-electron chi connectivity index (χ0n) is 2.36. The topological polar surface area (TPSA) is 94.5 Å². The molecule has 0 spiro atoms. The smallest absolute Gasteiger partial charge is 0 e. The van der Waals surface area contributed by atoms with Crippen LogP contribution in [0.25, 0.3) is 0 Å². The van der Waals surface area contributed by atoms with E-state index in [2.05, 4.69) is 0 Å². The molecule has 37 valence electrons. The van der Waals surface area contributed by atoms with Crippen molar-refractivity contribution in [3.8, 4) is 0 Å². The fraction of sp³-hybridized carbons (Fsp3) is 0. The molecule has 0 aromatic rings. The summed E-state index contributed by atoms with van der Waals surface area (Å²) in [5.74, 6) is 0. The van der Waals surface area contributed by atoms with Gasteiger partial charge in [-0.15, -0.1) is 17.0 Å². The molecule has 6 N–H and O–H groups in total. The Morgan fingerprint density at radius 3 is 0.600 bits per heavy atom. The van der Waals surface area contributed by atoms with Gasteiger partial charge in [-0.05, 0) is 0 Å². The van der Waals surface area contributed by atoms with Crippen LogP contribution in [0.3, 0.4) is 0 Å². The normalized spacial score (nSPS) is 0. The second kappa shape index (κ2) is 65.1. The fourth-order valence-corrected chi connectivity index (χ4v) is 0. The molecule has 0 rings (SSSR count). The number of hydrogen-bond donors (Lipinski definition) is 0. The van der Waals surface area contributed by atoms with E-state index < -0.39 is 0 Å². The van der Waals surface area contributed by atoms with Gasteiger partial charge < -0.3 is 16.4 Å². The van der Waals surface area contributed by atoms with E-state index in [1.165, 1.54) is 0 Å². The molecule has 5 heavy (non-hydrogen) atoms. The summed E-state index contributed by atoms with van der Waals surface area (Å²) in [6, 6.07) is 0. The van der Waals surface area contributed by atoms with Crippen LogP contribution in [0.5, 0.6) is 0 Å². The van der Waals surface area contributed by atoms with Crippen LogP contribution in [0.15, 0.2) is 0 Å². The second-order valence-corrected chi connectivity index (χ2v) is 0. The van der Waals surface area contributed by atoms with Crippen molar-refractivity contribution in [2.45, 2.75) is 0 Å². The third-order valence-electron chi connectivity index (χ3n) is 0. The molecule has 5 heteroatoms. The molecule has 0 aliphatic heterocycles. The summed E-state index contributed by atoms with van der Waals surface area (Å²) >= 11 is 0. The molecule has 0 saturated carbocycles. The van der Waals surface area contributed by atoms with Crippen molar-refractivity contribution in [1.29, 1.82) is 0 Å². The van der Waals surface area contributed by atoms with Crippen molar-refractivity contribution in [2.75, 3.05) is 0 Å². The van der Waals surface area contributed by atoms with Gasteiger partial charge in [0.15, 0.2) is 0 Å². The van der Waals surface area contributed by atoms with Gasteiger partial charge in [0, 0.05) is 24.4 Å². The third kappa shape index (κ3) is 37.7. The van der Waals surface area contributed by atoms with Gasteiger partial charge in [-0.3, -0.25) is 0 Å². The molecule has 0 heterocycles. The molecule has 0 bridgehead atoms. The Kier molecular flexibility index (Phi) is 1550. The molecule has 0 aromatic heterocycles. The Hall–Kier alpha value is 1.18. The summed E-state index contributed by atoms with van der Waals surface area (Å²) in [6.45, 7) is 0. The molecular weight excluding hydrogens is 250 g/mol. The second-order valence-electron chi connectivity index (χ2n) is 0. The van der Waals surface area contributed by atoms with Gasteiger partial charge in [0.05, 0.1) is 0 Å². The maximum atomic E-state index is 0. The van der Waals surface area contributed by atoms with Gasteiger partial charge in [-0.25, -0.2) is 0 Å². The quantitative estimate of drug-likeness (QED) is 0.437. The van der Waals surface area contributed by atoms with Crippen molar-refractivity contribution >= 4 is 41.4 Å². The SMILES string of the molecule is Br.O.O.O.[Sb]. The maximum Gasteiger partial charge on any atom is 0 e. The molecule has 0 fully saturated rings. The molecule has 0 saturated heterocycles. The predicted octanol–water partition coefficient (Wildman–Crippen LogP) is -2.28. The molecule has 0 aromatic carbocycles. The van der Waals surface area contributed by atoms with E-state index in [9.17, 15) is 0 Å². The third-order valence-corrected chi connectivity index (χ3v) is 0. The molecule has 0 unspecified atom stereocenters. The zero-order chi connectivity index (χ0) is 0. The van der Waals surface area contributed by atoms with E-state index in [1.54, 1.807) is 0 Å². The Balaban J connectivity index is 0. The molecule has 0 aliphatic rings. The number of hydrogen-bond acceptors (Lipinski definition) is 0. The number of rotatable bonds is 0. The van der Waals surface area contributed by atoms with Crippen LogP contribution >= 0.6 is 17.0 Å². The van der Waals surface area contributed by atoms with Crippen LogP contribution in [0.2, 0.25) is 0 Å². The Morgan fingerprint density at radius 1 is 0.600 bits per heavy atom. The monoisotopic (exact) mass is 255 g/mol. The summed E-state index contributed by atoms with van der Waals surface area (Å²) in [4.78, 5) is 0. The first-order valence-corrected chi connectivity index (χ1v) is 0. The van der Waals surface area contributed by atoms with Crippen molar-refractivity contribution in [1.82, 2.24) is 0 Å². The predicted molar refractivity (Wildman–Crippen MR) is 26.9 cm³/mol. The Morgan fingerprint density at radius 2 is 0.600 bits per heavy atom. The first kappa shape index (κ1) is 119. The van der Waals surface area contributed by atoms with E-state index in [-0.39, 0.29) is 57.8 Å². The molecule has 3 radical (unpaired) electrons. The van der Waals surface area contributed by atoms with Crippen LogP contribution < -0.4 is 0 Å². The van der Waals surface area contributed by atoms with Crippen LogP contribution in [0.1, 0.15) is 0 Å². The molecular formula is H7BrO3Sb. The summed E-state index contributed by atoms with van der Waals surface area (Å²) < 4.78 is 0. The van der Waals surface area contributed by atoms with Crippen LogP contribution in [0, 0.1) is 0 Å². The van der Waals surface area contributed by atoms with E-state index in [0.29, 0.717) is 0 Å². The summed E-state index contributed by atoms with van der Waals surface area (Å²) in [5, 5.41) is 0. The van der Waals surface area contributed by atoms with Crippen molar-refractivity contribution in [2.24, 2.45) is 0 Å². The summed E-state index contributed by atoms with van der Waals surface area (Å²) in [7, 11) is 0. The minimum Gasteiger partial charge on any atom is -0.412 e. The Labute approximate surface area is 57.9 Å². The van der Waals surface area contributed by atoms with Gasteiger partial charge >= 0.3 is 0 Å². The minimum absolute atomic E-state index is 0. The van der Waals surface area contributed by atoms with Gasteiger partial charge in [0.25, 0.3) is 0 Å². The first-order valence-electron chi connectivity index (χ1n) is 0. The molecule has 0 atom stereocenters. The van der Waals surface area contributed by atoms with Crippen molar-refractivity contribution in [3.63, 3.8) is 0 Å². The zero-order valence-corrected chi connectivity index (χ0v) is 6.62. The standard InChI is InChI=1S/BrH.3H2O.Sb/h1H;3*1H2;. The van der Waals surface area contributed by atoms with Crippen molar-refractivity contribution in [3.05, 3.63) is 0 Å². The van der Waals surface area contributed by atoms with E-state index in [4.69, 9.17) is 0 Å². The van der Waals surface area contributed by atoms with Crippen LogP contribution in [-0.2, 0) is 0 Å². The molecule has 0 amide bonds. The van der Waals surface area contributed by atoms with Gasteiger partial charge in [0.2, 0.25) is 0 Å². The van der Waals surface area contributed by atoms with Gasteiger partial charge in [-0.2, -0.15) is 0 Å². The molecule has 0 aliphatic carbocycles. The fourth-order valence-electron chi connectivity index (χ4n) is 0. The first-order chi connectivity index (χ1) is 0. The van der Waals surface area contributed by atoms with Crippen LogP contribution in [0.4, 0.5) is 0 Å². The number of halogens is 1. The average molecular weight is 257 g/mol. The Bertz CT molecular complexity index is 6.85. The summed E-state index contributed by atoms with van der Waals surface area (Å²) in [5.41, 5.74) is 0. The van der Waals surface area contributed by atoms with Crippen LogP contribution in [-0.4, -0.2) is 40.9 Å². The average Bonchev–Trinajstić information content (AvgIpc) is 0.